The molecule has 2 aliphatic carbocycles. The Morgan fingerprint density at radius 2 is 1.34 bits per heavy atom. The average Bonchev–Trinajstić information content (AvgIpc) is 3.44. The number of fused-ring (bicyclic) bond motifs is 5. The van der Waals surface area contributed by atoms with Gasteiger partial charge in [0.1, 0.15) is 11.7 Å². The number of aromatic nitrogens is 3. The smallest absolute Gasteiger partial charge is 0.164 e. The van der Waals surface area contributed by atoms with E-state index in [4.69, 9.17) is 19.4 Å². The summed E-state index contributed by atoms with van der Waals surface area (Å²) in [7, 11) is 0. The van der Waals surface area contributed by atoms with Crippen LogP contribution in [0, 0.1) is 29.1 Å². The molecule has 5 heteroatoms. The molecule has 44 heavy (non-hydrogen) atoms. The van der Waals surface area contributed by atoms with Crippen molar-refractivity contribution in [3.63, 3.8) is 0 Å². The highest BCUT2D eigenvalue weighted by Gasteiger charge is 2.45. The molecule has 0 radical (unpaired) electrons. The molecule has 0 amide bonds. The molecule has 6 aromatic rings. The fraction of sp³-hybridized carbons (Fsp3) is 0.282. The molecule has 4 atom stereocenters. The van der Waals surface area contributed by atoms with E-state index in [1.165, 1.54) is 37.7 Å². The van der Waals surface area contributed by atoms with Crippen molar-refractivity contribution in [3.05, 3.63) is 102 Å². The van der Waals surface area contributed by atoms with Crippen LogP contribution in [0.2, 0.25) is 0 Å². The summed E-state index contributed by atoms with van der Waals surface area (Å²) in [6, 6.07) is 33.0. The van der Waals surface area contributed by atoms with Crippen LogP contribution < -0.4 is 0 Å². The molecular weight excluding hydrogens is 540 g/mol. The van der Waals surface area contributed by atoms with Gasteiger partial charge >= 0.3 is 0 Å². The molecule has 0 spiro atoms. The second-order valence-electron chi connectivity index (χ2n) is 13.3. The normalized spacial score (nSPS) is 23.1. The van der Waals surface area contributed by atoms with E-state index in [9.17, 15) is 5.26 Å². The fourth-order valence-corrected chi connectivity index (χ4v) is 8.48. The van der Waals surface area contributed by atoms with Crippen molar-refractivity contribution in [2.24, 2.45) is 17.8 Å². The van der Waals surface area contributed by atoms with Crippen LogP contribution in [-0.2, 0) is 5.41 Å². The van der Waals surface area contributed by atoms with Gasteiger partial charge in [-0.25, -0.2) is 15.0 Å². The third-order valence-electron chi connectivity index (χ3n) is 9.94. The van der Waals surface area contributed by atoms with Gasteiger partial charge in [-0.05, 0) is 79.0 Å². The quantitative estimate of drug-likeness (QED) is 0.209. The lowest BCUT2D eigenvalue weighted by atomic mass is 9.54. The van der Waals surface area contributed by atoms with Crippen LogP contribution in [0.3, 0.4) is 0 Å². The minimum absolute atomic E-state index is 0.272. The summed E-state index contributed by atoms with van der Waals surface area (Å²) >= 11 is 0. The van der Waals surface area contributed by atoms with Gasteiger partial charge in [-0.3, -0.25) is 0 Å². The van der Waals surface area contributed by atoms with Crippen molar-refractivity contribution in [1.29, 1.82) is 5.26 Å². The molecule has 2 aliphatic rings. The first-order chi connectivity index (χ1) is 21.5. The van der Waals surface area contributed by atoms with E-state index in [-0.39, 0.29) is 5.41 Å². The second kappa shape index (κ2) is 10.4. The molecule has 4 aromatic carbocycles. The predicted molar refractivity (Wildman–Crippen MR) is 175 cm³/mol. The van der Waals surface area contributed by atoms with Gasteiger partial charge in [0.15, 0.2) is 23.1 Å². The van der Waals surface area contributed by atoms with E-state index < -0.39 is 0 Å². The van der Waals surface area contributed by atoms with E-state index in [0.717, 1.165) is 50.8 Å². The largest absolute Gasteiger partial charge is 0.455 e. The van der Waals surface area contributed by atoms with Gasteiger partial charge in [-0.15, -0.1) is 0 Å². The standard InChI is InChI=1S/C39H34N4O/c1-24-18-26-19-25(2)21-39(20-24,22-26)30-15-12-28(13-16-30)37-41-36(27-8-4-3-5-9-27)42-38(43-37)32-17-14-29(23-40)35-34(32)31-10-6-7-11-33(31)44-35/h3-17,24-26H,18-22H2,1-2H3/t24-,25+,26?,39?. The van der Waals surface area contributed by atoms with Crippen LogP contribution in [0.4, 0.5) is 0 Å². The van der Waals surface area contributed by atoms with Gasteiger partial charge in [-0.2, -0.15) is 5.26 Å². The highest BCUT2D eigenvalue weighted by molar-refractivity contribution is 6.13. The highest BCUT2D eigenvalue weighted by atomic mass is 16.3. The molecule has 8 rings (SSSR count). The lowest BCUT2D eigenvalue weighted by Gasteiger charge is -2.50. The zero-order chi connectivity index (χ0) is 29.8. The lowest BCUT2D eigenvalue weighted by molar-refractivity contribution is 0.0780. The van der Waals surface area contributed by atoms with Gasteiger partial charge in [0.2, 0.25) is 0 Å². The van der Waals surface area contributed by atoms with Crippen LogP contribution in [0.1, 0.15) is 57.1 Å². The van der Waals surface area contributed by atoms with E-state index in [1.807, 2.05) is 60.7 Å². The number of rotatable bonds is 4. The number of furan rings is 1. The topological polar surface area (TPSA) is 75.6 Å². The van der Waals surface area contributed by atoms with Gasteiger partial charge in [-0.1, -0.05) is 86.6 Å². The summed E-state index contributed by atoms with van der Waals surface area (Å²) in [4.78, 5) is 15.1. The van der Waals surface area contributed by atoms with E-state index >= 15 is 0 Å². The van der Waals surface area contributed by atoms with Crippen LogP contribution >= 0.6 is 0 Å². The Labute approximate surface area is 257 Å². The van der Waals surface area contributed by atoms with Crippen LogP contribution in [0.5, 0.6) is 0 Å². The third-order valence-corrected chi connectivity index (χ3v) is 9.94. The average molecular weight is 575 g/mol. The summed E-state index contributed by atoms with van der Waals surface area (Å²) in [5.41, 5.74) is 6.22. The lowest BCUT2D eigenvalue weighted by Crippen LogP contribution is -2.42. The van der Waals surface area contributed by atoms with E-state index in [2.05, 4.69) is 44.2 Å². The summed E-state index contributed by atoms with van der Waals surface area (Å²) in [5.74, 6) is 4.18. The zero-order valence-electron chi connectivity index (χ0n) is 25.1. The van der Waals surface area contributed by atoms with Crippen molar-refractivity contribution in [3.8, 4) is 40.2 Å². The van der Waals surface area contributed by atoms with Gasteiger partial charge < -0.3 is 4.42 Å². The number of hydrogen-bond donors (Lipinski definition) is 0. The minimum atomic E-state index is 0.272. The molecule has 2 unspecified atom stereocenters. The maximum atomic E-state index is 9.86. The van der Waals surface area contributed by atoms with Crippen LogP contribution in [0.15, 0.2) is 95.4 Å². The summed E-state index contributed by atoms with van der Waals surface area (Å²) in [5, 5.41) is 11.6. The molecular formula is C39H34N4O. The Kier molecular flexibility index (Phi) is 6.34. The number of hydrogen-bond acceptors (Lipinski definition) is 5. The van der Waals surface area contributed by atoms with Crippen molar-refractivity contribution in [2.75, 3.05) is 0 Å². The number of nitrogens with zero attached hydrogens (tertiary/aromatic N) is 4. The van der Waals surface area contributed by atoms with E-state index in [0.29, 0.717) is 28.6 Å². The first-order valence-electron chi connectivity index (χ1n) is 15.8. The van der Waals surface area contributed by atoms with E-state index in [1.54, 1.807) is 6.07 Å². The molecule has 2 fully saturated rings. The number of nitriles is 1. The molecule has 2 saturated carbocycles. The number of benzene rings is 4. The highest BCUT2D eigenvalue weighted by Crippen LogP contribution is 2.54. The molecule has 0 saturated heterocycles. The summed E-state index contributed by atoms with van der Waals surface area (Å²) in [6.07, 6.45) is 6.59. The molecule has 0 aliphatic heterocycles. The maximum Gasteiger partial charge on any atom is 0.164 e. The van der Waals surface area contributed by atoms with Gasteiger partial charge in [0.25, 0.3) is 0 Å². The molecule has 2 aromatic heterocycles. The first-order valence-corrected chi connectivity index (χ1v) is 15.8. The Balaban J connectivity index is 1.28. The van der Waals surface area contributed by atoms with Crippen molar-refractivity contribution >= 4 is 21.9 Å². The van der Waals surface area contributed by atoms with Crippen LogP contribution in [-0.4, -0.2) is 15.0 Å². The molecule has 216 valence electrons. The minimum Gasteiger partial charge on any atom is -0.455 e. The van der Waals surface area contributed by atoms with Crippen molar-refractivity contribution in [2.45, 2.75) is 51.4 Å². The molecule has 5 nitrogen and oxygen atoms in total. The first kappa shape index (κ1) is 26.8. The second-order valence-corrected chi connectivity index (χ2v) is 13.3. The molecule has 2 heterocycles. The maximum absolute atomic E-state index is 9.86. The number of para-hydroxylation sites is 1. The zero-order valence-corrected chi connectivity index (χ0v) is 25.1. The monoisotopic (exact) mass is 574 g/mol. The fourth-order valence-electron chi connectivity index (χ4n) is 8.48. The van der Waals surface area contributed by atoms with Gasteiger partial charge in [0.05, 0.1) is 5.56 Å². The Bertz CT molecular complexity index is 2040. The summed E-state index contributed by atoms with van der Waals surface area (Å²) < 4.78 is 6.19. The Hall–Kier alpha value is -4.82. The Morgan fingerprint density at radius 3 is 2.05 bits per heavy atom. The van der Waals surface area contributed by atoms with Crippen molar-refractivity contribution < 1.29 is 4.42 Å². The Morgan fingerprint density at radius 1 is 0.705 bits per heavy atom. The predicted octanol–water partition coefficient (Wildman–Crippen LogP) is 9.75. The van der Waals surface area contributed by atoms with Crippen LogP contribution in [0.25, 0.3) is 56.1 Å². The van der Waals surface area contributed by atoms with Crippen molar-refractivity contribution in [1.82, 2.24) is 15.0 Å². The summed E-state index contributed by atoms with van der Waals surface area (Å²) in [6.45, 7) is 4.87. The van der Waals surface area contributed by atoms with Gasteiger partial charge in [0, 0.05) is 27.5 Å². The third kappa shape index (κ3) is 4.48. The SMILES string of the molecule is C[C@@H]1CC2C[C@H](C)CC(c3ccc(-c4nc(-c5ccccc5)nc(-c5ccc(C#N)c6oc7ccccc7c56)n4)cc3)(C2)C1. The molecule has 0 N–H and O–H groups in total. The molecule has 2 bridgehead atoms.